The molecule has 0 bridgehead atoms. The van der Waals surface area contributed by atoms with Crippen LogP contribution in [0, 0.1) is 0 Å². The molecule has 0 aromatic carbocycles. The van der Waals surface area contributed by atoms with Crippen molar-refractivity contribution in [3.05, 3.63) is 48.6 Å². The molecule has 6 atom stereocenters. The number of aliphatic hydroxyl groups is 4. The van der Waals surface area contributed by atoms with Crippen LogP contribution in [-0.4, -0.2) is 89.6 Å². The number of unbranched alkanes of at least 4 members (excludes halogenated alkanes) is 7. The molecule has 0 amide bonds. The van der Waals surface area contributed by atoms with E-state index in [1.807, 2.05) is 6.92 Å². The van der Waals surface area contributed by atoms with Crippen LogP contribution in [0.15, 0.2) is 48.6 Å². The third-order valence-corrected chi connectivity index (χ3v) is 7.23. The van der Waals surface area contributed by atoms with Gasteiger partial charge in [0.05, 0.1) is 19.8 Å². The minimum atomic E-state index is -1.53. The molecule has 9 heteroatoms. The van der Waals surface area contributed by atoms with Crippen LogP contribution in [0.1, 0.15) is 104 Å². The molecule has 0 spiro atoms. The van der Waals surface area contributed by atoms with Crippen molar-refractivity contribution in [1.29, 1.82) is 0 Å². The van der Waals surface area contributed by atoms with Crippen LogP contribution in [0.5, 0.6) is 0 Å². The van der Waals surface area contributed by atoms with E-state index in [4.69, 9.17) is 18.9 Å². The standard InChI is InChI=1S/C35H60O9/c1-3-5-6-7-8-9-10-11-12-13-14-15-16-17-18-19-20-21-22-23-25-41-27-29(43-31(37)24-4-2)28-42-35-34(40)33(39)32(38)30(26-36)44-35/h5-6,8-9,11-12,14-15,29-30,32-36,38-40H,3-4,7,10,13,16-28H2,1-2H3/b6-5-,9-8-,12-11-,15-14-. The average molecular weight is 625 g/mol. The highest BCUT2D eigenvalue weighted by Gasteiger charge is 2.44. The van der Waals surface area contributed by atoms with Crippen molar-refractivity contribution in [3.63, 3.8) is 0 Å². The highest BCUT2D eigenvalue weighted by atomic mass is 16.7. The number of allylic oxidation sites excluding steroid dienone is 8. The molecule has 1 saturated heterocycles. The van der Waals surface area contributed by atoms with E-state index < -0.39 is 43.4 Å². The highest BCUT2D eigenvalue weighted by Crippen LogP contribution is 2.22. The summed E-state index contributed by atoms with van der Waals surface area (Å²) in [7, 11) is 0. The van der Waals surface area contributed by atoms with Gasteiger partial charge in [-0.25, -0.2) is 0 Å². The molecule has 0 radical (unpaired) electrons. The molecule has 4 N–H and O–H groups in total. The Balaban J connectivity index is 2.12. The SMILES string of the molecule is CC/C=C\C/C=C\C/C=C\C/C=C\CCCCCCCCCOCC(COC1OC(CO)C(O)C(O)C1O)OC(=O)CCC. The van der Waals surface area contributed by atoms with Crippen LogP contribution >= 0.6 is 0 Å². The fraction of sp³-hybridized carbons (Fsp3) is 0.743. The van der Waals surface area contributed by atoms with Crippen LogP contribution in [-0.2, 0) is 23.7 Å². The second kappa shape index (κ2) is 27.5. The molecule has 0 aromatic heterocycles. The Morgan fingerprint density at radius 2 is 1.34 bits per heavy atom. The summed E-state index contributed by atoms with van der Waals surface area (Å²) < 4.78 is 22.1. The van der Waals surface area contributed by atoms with Gasteiger partial charge in [-0.1, -0.05) is 94.6 Å². The predicted molar refractivity (Wildman–Crippen MR) is 173 cm³/mol. The van der Waals surface area contributed by atoms with E-state index in [1.165, 1.54) is 25.7 Å². The second-order valence-corrected chi connectivity index (χ2v) is 11.2. The summed E-state index contributed by atoms with van der Waals surface area (Å²) in [5.41, 5.74) is 0. The zero-order valence-corrected chi connectivity index (χ0v) is 27.1. The summed E-state index contributed by atoms with van der Waals surface area (Å²) in [6.07, 6.45) is 24.4. The van der Waals surface area contributed by atoms with E-state index in [-0.39, 0.29) is 25.6 Å². The van der Waals surface area contributed by atoms with Crippen LogP contribution in [0.4, 0.5) is 0 Å². The number of rotatable bonds is 26. The van der Waals surface area contributed by atoms with Crippen LogP contribution in [0.3, 0.4) is 0 Å². The lowest BCUT2D eigenvalue weighted by Crippen LogP contribution is -2.59. The smallest absolute Gasteiger partial charge is 0.306 e. The van der Waals surface area contributed by atoms with Crippen molar-refractivity contribution in [2.75, 3.05) is 26.4 Å². The maximum absolute atomic E-state index is 12.1. The molecule has 0 saturated carbocycles. The van der Waals surface area contributed by atoms with E-state index in [1.54, 1.807) is 0 Å². The zero-order chi connectivity index (χ0) is 32.3. The molecule has 1 aliphatic rings. The summed E-state index contributed by atoms with van der Waals surface area (Å²) in [5.74, 6) is -0.375. The van der Waals surface area contributed by atoms with Gasteiger partial charge in [0.1, 0.15) is 30.5 Å². The van der Waals surface area contributed by atoms with Gasteiger partial charge in [0.25, 0.3) is 0 Å². The van der Waals surface area contributed by atoms with Gasteiger partial charge in [0, 0.05) is 13.0 Å². The van der Waals surface area contributed by atoms with Gasteiger partial charge in [-0.2, -0.15) is 0 Å². The topological polar surface area (TPSA) is 135 Å². The number of hydrogen-bond donors (Lipinski definition) is 4. The van der Waals surface area contributed by atoms with Gasteiger partial charge in [0.15, 0.2) is 6.29 Å². The minimum absolute atomic E-state index is 0.126. The number of esters is 1. The lowest BCUT2D eigenvalue weighted by atomic mass is 9.99. The fourth-order valence-corrected chi connectivity index (χ4v) is 4.63. The lowest BCUT2D eigenvalue weighted by Gasteiger charge is -2.39. The molecule has 44 heavy (non-hydrogen) atoms. The largest absolute Gasteiger partial charge is 0.457 e. The van der Waals surface area contributed by atoms with Crippen molar-refractivity contribution in [2.24, 2.45) is 0 Å². The third kappa shape index (κ3) is 19.5. The normalized spacial score (nSPS) is 23.5. The molecule has 1 rings (SSSR count). The van der Waals surface area contributed by atoms with E-state index in [0.717, 1.165) is 51.4 Å². The molecule has 0 aliphatic carbocycles. The summed E-state index contributed by atoms with van der Waals surface area (Å²) in [6.45, 7) is 4.02. The Morgan fingerprint density at radius 1 is 0.750 bits per heavy atom. The van der Waals surface area contributed by atoms with E-state index in [2.05, 4.69) is 55.5 Å². The number of carbonyl (C=O) groups excluding carboxylic acids is 1. The van der Waals surface area contributed by atoms with Crippen molar-refractivity contribution in [2.45, 2.75) is 141 Å². The quantitative estimate of drug-likeness (QED) is 0.0562. The van der Waals surface area contributed by atoms with Gasteiger partial charge in [0.2, 0.25) is 0 Å². The first-order valence-electron chi connectivity index (χ1n) is 16.7. The molecule has 9 nitrogen and oxygen atoms in total. The van der Waals surface area contributed by atoms with E-state index in [0.29, 0.717) is 13.0 Å². The molecule has 1 fully saturated rings. The highest BCUT2D eigenvalue weighted by molar-refractivity contribution is 5.69. The Labute approximate surface area is 265 Å². The molecule has 254 valence electrons. The van der Waals surface area contributed by atoms with Crippen molar-refractivity contribution < 1.29 is 44.2 Å². The number of aliphatic hydroxyl groups excluding tert-OH is 4. The zero-order valence-electron chi connectivity index (χ0n) is 27.1. The Bertz CT molecular complexity index is 808. The van der Waals surface area contributed by atoms with Gasteiger partial charge < -0.3 is 39.4 Å². The van der Waals surface area contributed by atoms with Gasteiger partial charge in [-0.3, -0.25) is 4.79 Å². The fourth-order valence-electron chi connectivity index (χ4n) is 4.63. The first kappa shape index (κ1) is 40.2. The molecule has 6 unspecified atom stereocenters. The molecule has 0 aromatic rings. The van der Waals surface area contributed by atoms with E-state index >= 15 is 0 Å². The summed E-state index contributed by atoms with van der Waals surface area (Å²) in [4.78, 5) is 12.1. The summed E-state index contributed by atoms with van der Waals surface area (Å²) >= 11 is 0. The molecule has 1 heterocycles. The van der Waals surface area contributed by atoms with Gasteiger partial charge >= 0.3 is 5.97 Å². The number of carbonyl (C=O) groups is 1. The average Bonchev–Trinajstić information content (AvgIpc) is 3.01. The molecule has 1 aliphatic heterocycles. The summed E-state index contributed by atoms with van der Waals surface area (Å²) in [5, 5.41) is 39.4. The minimum Gasteiger partial charge on any atom is -0.457 e. The number of hydrogen-bond acceptors (Lipinski definition) is 9. The first-order valence-corrected chi connectivity index (χ1v) is 16.7. The Hall–Kier alpha value is -1.85. The first-order chi connectivity index (χ1) is 21.4. The van der Waals surface area contributed by atoms with Crippen LogP contribution in [0.25, 0.3) is 0 Å². The molecular formula is C35H60O9. The van der Waals surface area contributed by atoms with Crippen molar-refractivity contribution >= 4 is 5.97 Å². The van der Waals surface area contributed by atoms with E-state index in [9.17, 15) is 25.2 Å². The maximum atomic E-state index is 12.1. The third-order valence-electron chi connectivity index (χ3n) is 7.23. The Kier molecular flexibility index (Phi) is 25.1. The second-order valence-electron chi connectivity index (χ2n) is 11.2. The predicted octanol–water partition coefficient (Wildman–Crippen LogP) is 5.46. The summed E-state index contributed by atoms with van der Waals surface area (Å²) in [6, 6.07) is 0. The lowest BCUT2D eigenvalue weighted by molar-refractivity contribution is -0.305. The maximum Gasteiger partial charge on any atom is 0.306 e. The monoisotopic (exact) mass is 624 g/mol. The van der Waals surface area contributed by atoms with Gasteiger partial charge in [-0.05, 0) is 51.4 Å². The molecular weight excluding hydrogens is 564 g/mol. The van der Waals surface area contributed by atoms with Crippen molar-refractivity contribution in [3.8, 4) is 0 Å². The van der Waals surface area contributed by atoms with Crippen LogP contribution in [0.2, 0.25) is 0 Å². The van der Waals surface area contributed by atoms with Gasteiger partial charge in [-0.15, -0.1) is 0 Å². The Morgan fingerprint density at radius 3 is 1.95 bits per heavy atom. The van der Waals surface area contributed by atoms with Crippen molar-refractivity contribution in [1.82, 2.24) is 0 Å². The van der Waals surface area contributed by atoms with Crippen LogP contribution < -0.4 is 0 Å². The number of ether oxygens (including phenoxy) is 4.